The molecule has 0 aliphatic carbocycles. The van der Waals surface area contributed by atoms with E-state index >= 15 is 0 Å². The summed E-state index contributed by atoms with van der Waals surface area (Å²) < 4.78 is 5.97. The first-order valence-corrected chi connectivity index (χ1v) is 6.73. The second-order valence-electron chi connectivity index (χ2n) is 4.72. The van der Waals surface area contributed by atoms with Crippen molar-refractivity contribution in [3.05, 3.63) is 21.3 Å². The number of thiophene rings is 1. The van der Waals surface area contributed by atoms with Crippen LogP contribution in [0.3, 0.4) is 0 Å². The second-order valence-corrected chi connectivity index (χ2v) is 6.52. The van der Waals surface area contributed by atoms with Crippen molar-refractivity contribution in [2.24, 2.45) is 0 Å². The zero-order valence-electron chi connectivity index (χ0n) is 10.4. The molecule has 1 aromatic heterocycles. The van der Waals surface area contributed by atoms with Crippen molar-refractivity contribution in [3.8, 4) is 0 Å². The number of hydrogen-bond donors (Lipinski definition) is 1. The van der Waals surface area contributed by atoms with E-state index in [0.717, 1.165) is 17.3 Å². The molecule has 0 atom stereocenters. The van der Waals surface area contributed by atoms with Gasteiger partial charge in [0.25, 0.3) is 0 Å². The molecule has 0 fully saturated rings. The van der Waals surface area contributed by atoms with Crippen molar-refractivity contribution in [1.82, 2.24) is 5.32 Å². The Labute approximate surface area is 111 Å². The molecule has 0 amide bonds. The molecule has 0 saturated carbocycles. The van der Waals surface area contributed by atoms with Crippen molar-refractivity contribution in [3.63, 3.8) is 0 Å². The van der Waals surface area contributed by atoms with Crippen LogP contribution in [-0.4, -0.2) is 24.7 Å². The molecule has 0 aliphatic rings. The van der Waals surface area contributed by atoms with Crippen LogP contribution in [0.25, 0.3) is 0 Å². The normalized spacial score (nSPS) is 11.5. The van der Waals surface area contributed by atoms with E-state index in [1.165, 1.54) is 4.88 Å². The van der Waals surface area contributed by atoms with E-state index in [-0.39, 0.29) is 12.5 Å². The van der Waals surface area contributed by atoms with Gasteiger partial charge in [0.1, 0.15) is 5.60 Å². The lowest BCUT2D eigenvalue weighted by atomic mass is 10.2. The summed E-state index contributed by atoms with van der Waals surface area (Å²) in [7, 11) is 0. The van der Waals surface area contributed by atoms with E-state index < -0.39 is 5.60 Å². The topological polar surface area (TPSA) is 38.3 Å². The zero-order chi connectivity index (χ0) is 12.9. The fraction of sp³-hybridized carbons (Fsp3) is 0.583. The van der Waals surface area contributed by atoms with E-state index in [1.54, 1.807) is 11.3 Å². The van der Waals surface area contributed by atoms with E-state index in [0.29, 0.717) is 0 Å². The Hall–Kier alpha value is -0.580. The van der Waals surface area contributed by atoms with Gasteiger partial charge in [0.2, 0.25) is 0 Å². The molecule has 0 saturated heterocycles. The number of hydrogen-bond acceptors (Lipinski definition) is 4. The summed E-state index contributed by atoms with van der Waals surface area (Å²) in [4.78, 5) is 12.6. The van der Waals surface area contributed by atoms with Crippen molar-refractivity contribution < 1.29 is 9.53 Å². The number of halogens is 1. The van der Waals surface area contributed by atoms with Crippen molar-refractivity contribution in [2.75, 3.05) is 13.1 Å². The minimum absolute atomic E-state index is 0.221. The van der Waals surface area contributed by atoms with E-state index in [9.17, 15) is 4.79 Å². The van der Waals surface area contributed by atoms with E-state index in [1.807, 2.05) is 32.9 Å². The van der Waals surface area contributed by atoms with E-state index in [4.69, 9.17) is 16.3 Å². The molecule has 0 unspecified atom stereocenters. The van der Waals surface area contributed by atoms with Crippen molar-refractivity contribution >= 4 is 28.9 Å². The maximum absolute atomic E-state index is 11.4. The van der Waals surface area contributed by atoms with Gasteiger partial charge in [-0.15, -0.1) is 11.3 Å². The van der Waals surface area contributed by atoms with Crippen LogP contribution in [0.2, 0.25) is 4.34 Å². The molecule has 5 heteroatoms. The van der Waals surface area contributed by atoms with Crippen LogP contribution < -0.4 is 5.32 Å². The summed E-state index contributed by atoms with van der Waals surface area (Å²) >= 11 is 7.39. The van der Waals surface area contributed by atoms with Gasteiger partial charge >= 0.3 is 5.97 Å². The Morgan fingerprint density at radius 1 is 1.47 bits per heavy atom. The monoisotopic (exact) mass is 275 g/mol. The quantitative estimate of drug-likeness (QED) is 0.663. The summed E-state index contributed by atoms with van der Waals surface area (Å²) in [6, 6.07) is 3.89. The maximum atomic E-state index is 11.4. The fourth-order valence-corrected chi connectivity index (χ4v) is 2.35. The maximum Gasteiger partial charge on any atom is 0.320 e. The third kappa shape index (κ3) is 6.66. The standard InChI is InChI=1S/C12H18ClNO2S/c1-12(2,3)16-11(15)8-14-7-6-9-4-5-10(13)17-9/h4-5,14H,6-8H2,1-3H3. The minimum Gasteiger partial charge on any atom is -0.459 e. The summed E-state index contributed by atoms with van der Waals surface area (Å²) in [6.45, 7) is 6.57. The lowest BCUT2D eigenvalue weighted by Crippen LogP contribution is -2.32. The van der Waals surface area contributed by atoms with Crippen LogP contribution in [0.4, 0.5) is 0 Å². The summed E-state index contributed by atoms with van der Waals surface area (Å²) in [5.74, 6) is -0.221. The zero-order valence-corrected chi connectivity index (χ0v) is 12.0. The molecule has 1 rings (SSSR count). The fourth-order valence-electron chi connectivity index (χ4n) is 1.27. The van der Waals surface area contributed by atoms with Crippen LogP contribution in [0.15, 0.2) is 12.1 Å². The summed E-state index contributed by atoms with van der Waals surface area (Å²) in [5, 5.41) is 3.05. The molecule has 96 valence electrons. The minimum atomic E-state index is -0.417. The highest BCUT2D eigenvalue weighted by atomic mass is 35.5. The third-order valence-electron chi connectivity index (χ3n) is 1.87. The first-order chi connectivity index (χ1) is 7.87. The highest BCUT2D eigenvalue weighted by Crippen LogP contribution is 2.21. The van der Waals surface area contributed by atoms with E-state index in [2.05, 4.69) is 5.32 Å². The predicted octanol–water partition coefficient (Wildman–Crippen LogP) is 2.88. The third-order valence-corrected chi connectivity index (χ3v) is 3.16. The highest BCUT2D eigenvalue weighted by Gasteiger charge is 2.15. The average molecular weight is 276 g/mol. The van der Waals surface area contributed by atoms with Crippen molar-refractivity contribution in [1.29, 1.82) is 0 Å². The molecular weight excluding hydrogens is 258 g/mol. The number of esters is 1. The Balaban J connectivity index is 2.14. The Bertz CT molecular complexity index is 371. The predicted molar refractivity (Wildman–Crippen MR) is 71.7 cm³/mol. The number of nitrogens with one attached hydrogen (secondary N) is 1. The molecular formula is C12H18ClNO2S. The molecule has 3 nitrogen and oxygen atoms in total. The molecule has 1 N–H and O–H groups in total. The van der Waals surface area contributed by atoms with Crippen LogP contribution >= 0.6 is 22.9 Å². The van der Waals surface area contributed by atoms with Crippen LogP contribution in [0.5, 0.6) is 0 Å². The number of carbonyl (C=O) groups is 1. The van der Waals surface area contributed by atoms with Crippen LogP contribution in [-0.2, 0) is 16.0 Å². The van der Waals surface area contributed by atoms with Crippen molar-refractivity contribution in [2.45, 2.75) is 32.8 Å². The van der Waals surface area contributed by atoms with Gasteiger partial charge in [-0.3, -0.25) is 4.79 Å². The van der Waals surface area contributed by atoms with Crippen LogP contribution in [0, 0.1) is 0 Å². The number of rotatable bonds is 5. The Morgan fingerprint density at radius 2 is 2.18 bits per heavy atom. The first kappa shape index (κ1) is 14.5. The van der Waals surface area contributed by atoms with Gasteiger partial charge in [-0.2, -0.15) is 0 Å². The SMILES string of the molecule is CC(C)(C)OC(=O)CNCCc1ccc(Cl)s1. The molecule has 0 spiro atoms. The Morgan fingerprint density at radius 3 is 2.71 bits per heavy atom. The molecule has 0 radical (unpaired) electrons. The van der Waals surface area contributed by atoms with Gasteiger partial charge in [-0.1, -0.05) is 11.6 Å². The van der Waals surface area contributed by atoms with Gasteiger partial charge in [-0.25, -0.2) is 0 Å². The number of ether oxygens (including phenoxy) is 1. The molecule has 1 heterocycles. The molecule has 0 aliphatic heterocycles. The highest BCUT2D eigenvalue weighted by molar-refractivity contribution is 7.16. The van der Waals surface area contributed by atoms with Gasteiger partial charge in [0.05, 0.1) is 10.9 Å². The summed E-state index contributed by atoms with van der Waals surface area (Å²) in [6.07, 6.45) is 0.875. The summed E-state index contributed by atoms with van der Waals surface area (Å²) in [5.41, 5.74) is -0.417. The largest absolute Gasteiger partial charge is 0.459 e. The van der Waals surface area contributed by atoms with Gasteiger partial charge in [-0.05, 0) is 39.3 Å². The average Bonchev–Trinajstić information content (AvgIpc) is 2.56. The lowest BCUT2D eigenvalue weighted by Gasteiger charge is -2.19. The first-order valence-electron chi connectivity index (χ1n) is 5.53. The molecule has 1 aromatic rings. The van der Waals surface area contributed by atoms with Crippen LogP contribution in [0.1, 0.15) is 25.6 Å². The molecule has 0 bridgehead atoms. The Kier molecular flexibility index (Phi) is 5.43. The lowest BCUT2D eigenvalue weighted by molar-refractivity contribution is -0.153. The molecule has 0 aromatic carbocycles. The number of carbonyl (C=O) groups excluding carboxylic acids is 1. The second kappa shape index (κ2) is 6.38. The van der Waals surface area contributed by atoms with Gasteiger partial charge in [0.15, 0.2) is 0 Å². The van der Waals surface area contributed by atoms with Gasteiger partial charge in [0, 0.05) is 11.4 Å². The smallest absolute Gasteiger partial charge is 0.320 e. The van der Waals surface area contributed by atoms with Gasteiger partial charge < -0.3 is 10.1 Å². The molecule has 17 heavy (non-hydrogen) atoms.